The second kappa shape index (κ2) is 8.79. The van der Waals surface area contributed by atoms with E-state index in [4.69, 9.17) is 4.74 Å². The largest absolute Gasteiger partial charge is 0.755 e. The van der Waals surface area contributed by atoms with Crippen LogP contribution in [0.2, 0.25) is 0 Å². The highest BCUT2D eigenvalue weighted by Crippen LogP contribution is 2.18. The van der Waals surface area contributed by atoms with Crippen molar-refractivity contribution in [1.29, 1.82) is 0 Å². The topological polar surface area (TPSA) is 96.0 Å². The van der Waals surface area contributed by atoms with Crippen molar-refractivity contribution in [2.45, 2.75) is 39.2 Å². The molecule has 24 heavy (non-hydrogen) atoms. The molecule has 0 aromatic heterocycles. The first-order valence-electron chi connectivity index (χ1n) is 7.37. The molecule has 0 fully saturated rings. The molecule has 0 aliphatic heterocycles. The predicted molar refractivity (Wildman–Crippen MR) is 88.9 cm³/mol. The Kier molecular flexibility index (Phi) is 7.37. The summed E-state index contributed by atoms with van der Waals surface area (Å²) >= 11 is -2.61. The summed E-state index contributed by atoms with van der Waals surface area (Å²) in [7, 11) is 1.32. The maximum atomic E-state index is 11.8. The molecule has 0 bridgehead atoms. The van der Waals surface area contributed by atoms with Crippen LogP contribution in [0, 0.1) is 0 Å². The number of anilines is 1. The third kappa shape index (κ3) is 7.10. The van der Waals surface area contributed by atoms with E-state index in [0.29, 0.717) is 12.1 Å². The predicted octanol–water partition coefficient (Wildman–Crippen LogP) is 1.73. The van der Waals surface area contributed by atoms with E-state index in [1.807, 2.05) is 0 Å². The van der Waals surface area contributed by atoms with Crippen LogP contribution in [0.5, 0.6) is 0 Å². The molecule has 134 valence electrons. The first-order chi connectivity index (χ1) is 11.1. The minimum absolute atomic E-state index is 0.241. The van der Waals surface area contributed by atoms with Gasteiger partial charge in [-0.2, -0.15) is 0 Å². The molecule has 0 saturated heterocycles. The number of aryl methyl sites for hydroxylation is 1. The Bertz CT molecular complexity index is 594. The monoisotopic (exact) mass is 356 g/mol. The molecular weight excluding hydrogens is 334 g/mol. The number of hydrogen-bond acceptors (Lipinski definition) is 6. The van der Waals surface area contributed by atoms with Crippen LogP contribution in [-0.2, 0) is 36.8 Å². The van der Waals surface area contributed by atoms with Crippen LogP contribution in [-0.4, -0.2) is 40.0 Å². The zero-order valence-electron chi connectivity index (χ0n) is 14.2. The molecule has 0 heterocycles. The first kappa shape index (κ1) is 20.1. The van der Waals surface area contributed by atoms with Gasteiger partial charge < -0.3 is 14.0 Å². The van der Waals surface area contributed by atoms with Crippen LogP contribution in [0.15, 0.2) is 24.3 Å². The van der Waals surface area contributed by atoms with E-state index in [1.54, 1.807) is 45.0 Å². The number of benzene rings is 1. The van der Waals surface area contributed by atoms with Gasteiger partial charge in [0.15, 0.2) is 0 Å². The van der Waals surface area contributed by atoms with Gasteiger partial charge in [-0.05, 0) is 44.9 Å². The molecule has 0 saturated carbocycles. The summed E-state index contributed by atoms with van der Waals surface area (Å²) in [4.78, 5) is 23.0. The lowest BCUT2D eigenvalue weighted by Gasteiger charge is -2.27. The minimum Gasteiger partial charge on any atom is -0.755 e. The van der Waals surface area contributed by atoms with E-state index < -0.39 is 29.4 Å². The van der Waals surface area contributed by atoms with Gasteiger partial charge in [0.05, 0.1) is 7.11 Å². The van der Waals surface area contributed by atoms with Gasteiger partial charge in [0.2, 0.25) is 0 Å². The van der Waals surface area contributed by atoms with Gasteiger partial charge in [0.1, 0.15) is 12.1 Å². The van der Waals surface area contributed by atoms with Crippen molar-refractivity contribution < 1.29 is 27.8 Å². The Morgan fingerprint density at radius 2 is 1.75 bits per heavy atom. The third-order valence-electron chi connectivity index (χ3n) is 2.94. The van der Waals surface area contributed by atoms with Crippen molar-refractivity contribution in [3.8, 4) is 0 Å². The zero-order chi connectivity index (χ0) is 18.3. The molecular formula is C16H22NO6S-. The highest BCUT2D eigenvalue weighted by atomic mass is 32.2. The summed E-state index contributed by atoms with van der Waals surface area (Å²) in [6.07, 6.45) is 0.727. The number of carbonyl (C=O) groups is 2. The highest BCUT2D eigenvalue weighted by molar-refractivity contribution is 7.80. The Morgan fingerprint density at radius 1 is 1.17 bits per heavy atom. The van der Waals surface area contributed by atoms with Crippen LogP contribution in [0.25, 0.3) is 0 Å². The van der Waals surface area contributed by atoms with Crippen molar-refractivity contribution in [3.63, 3.8) is 0 Å². The van der Waals surface area contributed by atoms with Gasteiger partial charge in [-0.25, -0.2) is 0 Å². The van der Waals surface area contributed by atoms with Crippen molar-refractivity contribution in [2.24, 2.45) is 0 Å². The summed E-state index contributed by atoms with van der Waals surface area (Å²) in [6.45, 7) is 4.72. The molecule has 0 radical (unpaired) electrons. The smallest absolute Gasteiger partial charge is 0.327 e. The lowest BCUT2D eigenvalue weighted by Crippen LogP contribution is -2.36. The number of hydrogen-bond donors (Lipinski definition) is 0. The summed E-state index contributed by atoms with van der Waals surface area (Å²) in [5, 5.41) is 0. The fourth-order valence-electron chi connectivity index (χ4n) is 1.90. The van der Waals surface area contributed by atoms with Gasteiger partial charge in [-0.15, -0.1) is 0 Å². The molecule has 0 N–H and O–H groups in total. The minimum atomic E-state index is -2.61. The summed E-state index contributed by atoms with van der Waals surface area (Å²) in [5.41, 5.74) is 0.513. The lowest BCUT2D eigenvalue weighted by atomic mass is 10.1. The fraction of sp³-hybridized carbons (Fsp3) is 0.500. The van der Waals surface area contributed by atoms with Gasteiger partial charge in [0.25, 0.3) is 0 Å². The van der Waals surface area contributed by atoms with Crippen molar-refractivity contribution in [1.82, 2.24) is 0 Å². The molecule has 1 aromatic rings. The quantitative estimate of drug-likeness (QED) is 0.545. The van der Waals surface area contributed by atoms with Crippen LogP contribution in [0.3, 0.4) is 0 Å². The van der Waals surface area contributed by atoms with E-state index in [2.05, 4.69) is 4.74 Å². The van der Waals surface area contributed by atoms with Gasteiger partial charge in [-0.3, -0.25) is 18.1 Å². The van der Waals surface area contributed by atoms with Crippen LogP contribution in [0.1, 0.15) is 32.8 Å². The van der Waals surface area contributed by atoms with Crippen molar-refractivity contribution >= 4 is 28.9 Å². The molecule has 8 heteroatoms. The SMILES string of the molecule is COC(=O)CCc1ccc(N(CC(=O)OC(C)(C)C)S(=O)[O-])cc1. The van der Waals surface area contributed by atoms with E-state index >= 15 is 0 Å². The third-order valence-corrected chi connectivity index (χ3v) is 3.64. The lowest BCUT2D eigenvalue weighted by molar-refractivity contribution is -0.152. The molecule has 0 aliphatic rings. The van der Waals surface area contributed by atoms with E-state index in [9.17, 15) is 18.4 Å². The molecule has 1 atom stereocenters. The highest BCUT2D eigenvalue weighted by Gasteiger charge is 2.20. The first-order valence-corrected chi connectivity index (χ1v) is 8.40. The maximum absolute atomic E-state index is 11.8. The number of nitrogens with zero attached hydrogens (tertiary/aromatic N) is 1. The summed E-state index contributed by atoms with van der Waals surface area (Å²) < 4.78 is 33.4. The Balaban J connectivity index is 2.77. The number of rotatable bonds is 7. The number of carbonyl (C=O) groups excluding carboxylic acids is 2. The van der Waals surface area contributed by atoms with Gasteiger partial charge >= 0.3 is 11.9 Å². The molecule has 0 aliphatic carbocycles. The number of ether oxygens (including phenoxy) is 2. The molecule has 1 aromatic carbocycles. The fourth-order valence-corrected chi connectivity index (χ4v) is 2.40. The normalized spacial score (nSPS) is 12.4. The average molecular weight is 356 g/mol. The van der Waals surface area contributed by atoms with Crippen LogP contribution in [0.4, 0.5) is 5.69 Å². The summed E-state index contributed by atoms with van der Waals surface area (Å²) in [6, 6.07) is 6.56. The Labute approximate surface area is 144 Å². The van der Waals surface area contributed by atoms with Crippen LogP contribution < -0.4 is 4.31 Å². The second-order valence-electron chi connectivity index (χ2n) is 6.08. The Morgan fingerprint density at radius 3 is 2.21 bits per heavy atom. The van der Waals surface area contributed by atoms with Gasteiger partial charge in [-0.1, -0.05) is 12.1 Å². The Hall–Kier alpha value is -1.93. The van der Waals surface area contributed by atoms with Crippen molar-refractivity contribution in [3.05, 3.63) is 29.8 Å². The van der Waals surface area contributed by atoms with Crippen LogP contribution >= 0.6 is 0 Å². The van der Waals surface area contributed by atoms with E-state index in [-0.39, 0.29) is 12.4 Å². The molecule has 0 amide bonds. The van der Waals surface area contributed by atoms with Gasteiger partial charge in [0, 0.05) is 23.4 Å². The standard InChI is InChI=1S/C16H23NO6S/c1-16(2,3)23-15(19)11-17(24(20)21)13-8-5-12(6-9-13)7-10-14(18)22-4/h5-6,8-9H,7,10-11H2,1-4H3,(H,20,21)/p-1. The molecule has 1 rings (SSSR count). The maximum Gasteiger partial charge on any atom is 0.327 e. The summed E-state index contributed by atoms with van der Waals surface area (Å²) in [5.74, 6) is -0.951. The van der Waals surface area contributed by atoms with Crippen molar-refractivity contribution in [2.75, 3.05) is 18.0 Å². The van der Waals surface area contributed by atoms with E-state index in [1.165, 1.54) is 7.11 Å². The molecule has 7 nitrogen and oxygen atoms in total. The zero-order valence-corrected chi connectivity index (χ0v) is 15.1. The molecule has 1 unspecified atom stereocenters. The van der Waals surface area contributed by atoms with E-state index in [0.717, 1.165) is 9.87 Å². The molecule has 0 spiro atoms. The second-order valence-corrected chi connectivity index (χ2v) is 6.96. The number of methoxy groups -OCH3 is 1. The number of esters is 2. The average Bonchev–Trinajstić information content (AvgIpc) is 2.49.